The zero-order valence-electron chi connectivity index (χ0n) is 11.5. The summed E-state index contributed by atoms with van der Waals surface area (Å²) in [6.45, 7) is 3.49. The number of amides is 1. The van der Waals surface area contributed by atoms with E-state index in [-0.39, 0.29) is 17.5 Å². The number of hydrogen-bond donors (Lipinski definition) is 3. The van der Waals surface area contributed by atoms with Crippen molar-refractivity contribution in [3.8, 4) is 0 Å². The van der Waals surface area contributed by atoms with Gasteiger partial charge in [0.2, 0.25) is 5.56 Å². The second-order valence-electron chi connectivity index (χ2n) is 5.05. The summed E-state index contributed by atoms with van der Waals surface area (Å²) in [6, 6.07) is 8.30. The number of carbonyl (C=O) groups excluding carboxylic acids is 1. The van der Waals surface area contributed by atoms with Crippen molar-refractivity contribution in [1.29, 1.82) is 0 Å². The SMILES string of the molecule is CC(O)CC(C)NC(=O)c1cc(=O)[nH]c2ccccc12. The van der Waals surface area contributed by atoms with E-state index in [1.807, 2.05) is 13.0 Å². The van der Waals surface area contributed by atoms with Crippen LogP contribution >= 0.6 is 0 Å². The molecule has 2 aromatic rings. The lowest BCUT2D eigenvalue weighted by molar-refractivity contribution is 0.0924. The highest BCUT2D eigenvalue weighted by Crippen LogP contribution is 2.14. The number of rotatable bonds is 4. The predicted octanol–water partition coefficient (Wildman–Crippen LogP) is 1.42. The van der Waals surface area contributed by atoms with Crippen LogP contribution in [-0.2, 0) is 0 Å². The molecule has 20 heavy (non-hydrogen) atoms. The van der Waals surface area contributed by atoms with Gasteiger partial charge in [-0.1, -0.05) is 18.2 Å². The van der Waals surface area contributed by atoms with Gasteiger partial charge in [-0.25, -0.2) is 0 Å². The smallest absolute Gasteiger partial charge is 0.252 e. The molecule has 0 radical (unpaired) electrons. The Morgan fingerprint density at radius 2 is 2.05 bits per heavy atom. The Bertz CT molecular complexity index is 676. The first-order valence-corrected chi connectivity index (χ1v) is 6.58. The highest BCUT2D eigenvalue weighted by atomic mass is 16.3. The van der Waals surface area contributed by atoms with Gasteiger partial charge < -0.3 is 15.4 Å². The third-order valence-corrected chi connectivity index (χ3v) is 3.07. The third kappa shape index (κ3) is 3.24. The van der Waals surface area contributed by atoms with Gasteiger partial charge in [0, 0.05) is 23.0 Å². The molecule has 0 saturated heterocycles. The van der Waals surface area contributed by atoms with Gasteiger partial charge in [-0.05, 0) is 26.3 Å². The first-order valence-electron chi connectivity index (χ1n) is 6.58. The maximum Gasteiger partial charge on any atom is 0.252 e. The number of carbonyl (C=O) groups is 1. The number of aliphatic hydroxyl groups is 1. The third-order valence-electron chi connectivity index (χ3n) is 3.07. The zero-order chi connectivity index (χ0) is 14.7. The molecule has 0 aliphatic heterocycles. The fourth-order valence-electron chi connectivity index (χ4n) is 2.26. The summed E-state index contributed by atoms with van der Waals surface area (Å²) in [5.74, 6) is -0.305. The molecular formula is C15H18N2O3. The van der Waals surface area contributed by atoms with E-state index in [2.05, 4.69) is 10.3 Å². The molecular weight excluding hydrogens is 256 g/mol. The Balaban J connectivity index is 2.32. The van der Waals surface area contributed by atoms with E-state index in [0.717, 1.165) is 0 Å². The van der Waals surface area contributed by atoms with E-state index in [9.17, 15) is 14.7 Å². The molecule has 1 heterocycles. The van der Waals surface area contributed by atoms with Crippen LogP contribution in [0.2, 0.25) is 0 Å². The van der Waals surface area contributed by atoms with Gasteiger partial charge in [0.25, 0.3) is 5.91 Å². The number of aromatic amines is 1. The monoisotopic (exact) mass is 274 g/mol. The molecule has 106 valence electrons. The Hall–Kier alpha value is -2.14. The summed E-state index contributed by atoms with van der Waals surface area (Å²) in [5, 5.41) is 12.8. The molecule has 5 heteroatoms. The van der Waals surface area contributed by atoms with E-state index in [0.29, 0.717) is 22.9 Å². The first kappa shape index (κ1) is 14.3. The number of aliphatic hydroxyl groups excluding tert-OH is 1. The van der Waals surface area contributed by atoms with Gasteiger partial charge in [0.1, 0.15) is 0 Å². The maximum absolute atomic E-state index is 12.3. The van der Waals surface area contributed by atoms with Crippen LogP contribution in [0.15, 0.2) is 35.1 Å². The van der Waals surface area contributed by atoms with Gasteiger partial charge in [-0.15, -0.1) is 0 Å². The molecule has 0 fully saturated rings. The number of H-pyrrole nitrogens is 1. The highest BCUT2D eigenvalue weighted by Gasteiger charge is 2.15. The van der Waals surface area contributed by atoms with Crippen molar-refractivity contribution in [3.05, 3.63) is 46.2 Å². The fraction of sp³-hybridized carbons (Fsp3) is 0.333. The minimum absolute atomic E-state index is 0.166. The summed E-state index contributed by atoms with van der Waals surface area (Å²) < 4.78 is 0. The summed E-state index contributed by atoms with van der Waals surface area (Å²) in [4.78, 5) is 26.5. The van der Waals surface area contributed by atoms with E-state index in [1.54, 1.807) is 25.1 Å². The number of aromatic nitrogens is 1. The summed E-state index contributed by atoms with van der Waals surface area (Å²) in [5.41, 5.74) is 0.673. The first-order chi connectivity index (χ1) is 9.47. The van der Waals surface area contributed by atoms with Crippen LogP contribution in [0.1, 0.15) is 30.6 Å². The van der Waals surface area contributed by atoms with Crippen molar-refractivity contribution < 1.29 is 9.90 Å². The molecule has 0 spiro atoms. The van der Waals surface area contributed by atoms with Crippen molar-refractivity contribution in [2.75, 3.05) is 0 Å². The molecule has 2 rings (SSSR count). The second kappa shape index (κ2) is 5.88. The number of nitrogens with one attached hydrogen (secondary N) is 2. The molecule has 0 bridgehead atoms. The number of benzene rings is 1. The lowest BCUT2D eigenvalue weighted by atomic mass is 10.1. The molecule has 2 unspecified atom stereocenters. The molecule has 1 amide bonds. The largest absolute Gasteiger partial charge is 0.393 e. The van der Waals surface area contributed by atoms with Gasteiger partial charge in [-0.3, -0.25) is 9.59 Å². The summed E-state index contributed by atoms with van der Waals surface area (Å²) >= 11 is 0. The molecule has 1 aromatic carbocycles. The van der Waals surface area contributed by atoms with Crippen molar-refractivity contribution in [1.82, 2.24) is 10.3 Å². The van der Waals surface area contributed by atoms with Crippen LogP contribution in [0.4, 0.5) is 0 Å². The minimum Gasteiger partial charge on any atom is -0.393 e. The predicted molar refractivity (Wildman–Crippen MR) is 77.8 cm³/mol. The summed E-state index contributed by atoms with van der Waals surface area (Å²) in [7, 11) is 0. The zero-order valence-corrected chi connectivity index (χ0v) is 11.5. The van der Waals surface area contributed by atoms with E-state index in [4.69, 9.17) is 0 Å². The van der Waals surface area contributed by atoms with Crippen LogP contribution in [0.25, 0.3) is 10.9 Å². The van der Waals surface area contributed by atoms with E-state index >= 15 is 0 Å². The molecule has 2 atom stereocenters. The molecule has 5 nitrogen and oxygen atoms in total. The van der Waals surface area contributed by atoms with E-state index < -0.39 is 6.10 Å². The molecule has 1 aromatic heterocycles. The minimum atomic E-state index is -0.485. The maximum atomic E-state index is 12.3. The Morgan fingerprint density at radius 3 is 2.75 bits per heavy atom. The standard InChI is InChI=1S/C15H18N2O3/c1-9(7-10(2)18)16-15(20)12-8-14(19)17-13-6-4-3-5-11(12)13/h3-6,8-10,18H,7H2,1-2H3,(H,16,20)(H,17,19). The van der Waals surface area contributed by atoms with Crippen molar-refractivity contribution >= 4 is 16.8 Å². The molecule has 0 aliphatic carbocycles. The fourth-order valence-corrected chi connectivity index (χ4v) is 2.26. The lowest BCUT2D eigenvalue weighted by Gasteiger charge is -2.16. The molecule has 0 aliphatic rings. The van der Waals surface area contributed by atoms with Crippen molar-refractivity contribution in [2.24, 2.45) is 0 Å². The average molecular weight is 274 g/mol. The van der Waals surface area contributed by atoms with Crippen LogP contribution in [0.5, 0.6) is 0 Å². The van der Waals surface area contributed by atoms with Crippen molar-refractivity contribution in [3.63, 3.8) is 0 Å². The average Bonchev–Trinajstić information content (AvgIpc) is 2.36. The lowest BCUT2D eigenvalue weighted by Crippen LogP contribution is -2.35. The van der Waals surface area contributed by atoms with Gasteiger partial charge in [0.05, 0.1) is 11.7 Å². The van der Waals surface area contributed by atoms with Crippen LogP contribution < -0.4 is 10.9 Å². The number of para-hydroxylation sites is 1. The number of pyridine rings is 1. The van der Waals surface area contributed by atoms with Crippen molar-refractivity contribution in [2.45, 2.75) is 32.4 Å². The Morgan fingerprint density at radius 1 is 1.35 bits per heavy atom. The Kier molecular flexibility index (Phi) is 4.20. The second-order valence-corrected chi connectivity index (χ2v) is 5.05. The quantitative estimate of drug-likeness (QED) is 0.788. The topological polar surface area (TPSA) is 82.2 Å². The number of hydrogen-bond acceptors (Lipinski definition) is 3. The van der Waals surface area contributed by atoms with Crippen LogP contribution in [-0.4, -0.2) is 28.1 Å². The highest BCUT2D eigenvalue weighted by molar-refractivity contribution is 6.06. The van der Waals surface area contributed by atoms with Gasteiger partial charge in [0.15, 0.2) is 0 Å². The van der Waals surface area contributed by atoms with Gasteiger partial charge in [-0.2, -0.15) is 0 Å². The normalized spacial score (nSPS) is 13.9. The van der Waals surface area contributed by atoms with Crippen LogP contribution in [0.3, 0.4) is 0 Å². The van der Waals surface area contributed by atoms with Crippen LogP contribution in [0, 0.1) is 0 Å². The Labute approximate surface area is 116 Å². The van der Waals surface area contributed by atoms with E-state index in [1.165, 1.54) is 6.07 Å². The molecule has 0 saturated carbocycles. The summed E-state index contributed by atoms with van der Waals surface area (Å²) in [6.07, 6.45) is -0.0198. The number of fused-ring (bicyclic) bond motifs is 1. The molecule has 3 N–H and O–H groups in total. The van der Waals surface area contributed by atoms with Gasteiger partial charge >= 0.3 is 0 Å².